The molecule has 1 aliphatic carbocycles. The summed E-state index contributed by atoms with van der Waals surface area (Å²) in [6.45, 7) is 6.50. The Bertz CT molecular complexity index is 1460. The number of ether oxygens (including phenoxy) is 5. The molecule has 2 aliphatic heterocycles. The van der Waals surface area contributed by atoms with E-state index in [2.05, 4.69) is 16.1 Å². The van der Waals surface area contributed by atoms with Gasteiger partial charge in [-0.25, -0.2) is 14.6 Å². The van der Waals surface area contributed by atoms with E-state index >= 15 is 0 Å². The molecule has 5 unspecified atom stereocenters. The highest BCUT2D eigenvalue weighted by Gasteiger charge is 2.56. The predicted octanol–water partition coefficient (Wildman–Crippen LogP) is 3.66. The van der Waals surface area contributed by atoms with Gasteiger partial charge in [-0.3, -0.25) is 10.2 Å². The summed E-state index contributed by atoms with van der Waals surface area (Å²) in [6.07, 6.45) is -2.17. The number of amides is 3. The number of aliphatic hydroxyl groups is 1. The standard InChI is InChI=1S/C35H47ClN4O9/c1-35(2,3)30(38-33(43)46-5)31(42)39-40(16-20-9-7-6-8-10-20)17-27(41)26(14-21-11-12-28(45-4)25(36)13-21)37-34(44)49-29-22-15-23-24(29)19-48-32(23)47-18-22/h6-13,22-24,26-27,29-30,32,41H,14-19H2,1-5H3,(H,37,44)(H,38,43)(H,39,42)/t22?,23?,24?,26-,27+,29?,30+,32?/m0/s1. The van der Waals surface area contributed by atoms with Crippen LogP contribution < -0.4 is 20.8 Å². The van der Waals surface area contributed by atoms with Crippen LogP contribution in [0.2, 0.25) is 5.02 Å². The first-order chi connectivity index (χ1) is 23.4. The Labute approximate surface area is 291 Å². The summed E-state index contributed by atoms with van der Waals surface area (Å²) < 4.78 is 27.7. The number of alkyl carbamates (subject to hydrolysis) is 2. The molecule has 0 aromatic heterocycles. The van der Waals surface area contributed by atoms with Crippen molar-refractivity contribution in [2.75, 3.05) is 34.0 Å². The van der Waals surface area contributed by atoms with Gasteiger partial charge in [0.25, 0.3) is 5.91 Å². The Morgan fingerprint density at radius 3 is 2.41 bits per heavy atom. The third-order valence-corrected chi connectivity index (χ3v) is 9.73. The van der Waals surface area contributed by atoms with Gasteiger partial charge in [-0.05, 0) is 41.5 Å². The molecule has 0 radical (unpaired) electrons. The zero-order valence-corrected chi connectivity index (χ0v) is 29.3. The minimum absolute atomic E-state index is 0.0537. The maximum Gasteiger partial charge on any atom is 0.407 e. The number of methoxy groups -OCH3 is 2. The molecule has 2 heterocycles. The summed E-state index contributed by atoms with van der Waals surface area (Å²) in [4.78, 5) is 39.3. The normalized spacial score (nSPS) is 24.4. The van der Waals surface area contributed by atoms with Gasteiger partial charge < -0.3 is 39.4 Å². The van der Waals surface area contributed by atoms with Gasteiger partial charge in [0.05, 0.1) is 44.6 Å². The molecule has 14 heteroatoms. The molecule has 2 saturated heterocycles. The topological polar surface area (TPSA) is 157 Å². The fourth-order valence-corrected chi connectivity index (χ4v) is 7.19. The van der Waals surface area contributed by atoms with E-state index in [1.54, 1.807) is 23.2 Å². The fraction of sp³-hybridized carbons (Fsp3) is 0.571. The van der Waals surface area contributed by atoms with Crippen molar-refractivity contribution < 1.29 is 43.2 Å². The molecule has 49 heavy (non-hydrogen) atoms. The minimum atomic E-state index is -1.20. The molecule has 0 spiro atoms. The van der Waals surface area contributed by atoms with Gasteiger partial charge in [0, 0.05) is 30.8 Å². The number of nitrogens with one attached hydrogen (secondary N) is 3. The van der Waals surface area contributed by atoms with E-state index in [1.807, 2.05) is 51.1 Å². The average Bonchev–Trinajstić information content (AvgIpc) is 3.59. The van der Waals surface area contributed by atoms with Crippen LogP contribution in [-0.4, -0.2) is 92.8 Å². The van der Waals surface area contributed by atoms with Crippen molar-refractivity contribution in [3.8, 4) is 5.75 Å². The molecule has 5 rings (SSSR count). The zero-order valence-electron chi connectivity index (χ0n) is 28.5. The van der Waals surface area contributed by atoms with Crippen LogP contribution in [0.3, 0.4) is 0 Å². The summed E-state index contributed by atoms with van der Waals surface area (Å²) in [6, 6.07) is 12.8. The van der Waals surface area contributed by atoms with E-state index in [-0.39, 0.29) is 49.7 Å². The van der Waals surface area contributed by atoms with Crippen LogP contribution in [0.25, 0.3) is 0 Å². The number of rotatable bonds is 13. The quantitative estimate of drug-likeness (QED) is 0.227. The molecule has 13 nitrogen and oxygen atoms in total. The Morgan fingerprint density at radius 1 is 1.00 bits per heavy atom. The highest BCUT2D eigenvalue weighted by molar-refractivity contribution is 6.32. The summed E-state index contributed by atoms with van der Waals surface area (Å²) in [5.74, 6) is 0.319. The number of carbonyl (C=O) groups excluding carboxylic acids is 3. The molecule has 2 bridgehead atoms. The summed E-state index contributed by atoms with van der Waals surface area (Å²) in [5.41, 5.74) is 3.81. The first kappa shape index (κ1) is 36.7. The van der Waals surface area contributed by atoms with Crippen LogP contribution in [0, 0.1) is 23.2 Å². The first-order valence-electron chi connectivity index (χ1n) is 16.5. The van der Waals surface area contributed by atoms with Crippen molar-refractivity contribution in [2.45, 2.75) is 70.7 Å². The number of hydrogen-bond donors (Lipinski definition) is 4. The van der Waals surface area contributed by atoms with Crippen molar-refractivity contribution >= 4 is 29.7 Å². The number of nitrogens with zero attached hydrogens (tertiary/aromatic N) is 1. The minimum Gasteiger partial charge on any atom is -0.495 e. The van der Waals surface area contributed by atoms with Crippen LogP contribution in [0.4, 0.5) is 9.59 Å². The molecule has 8 atom stereocenters. The van der Waals surface area contributed by atoms with Gasteiger partial charge in [0.15, 0.2) is 6.29 Å². The number of hydrazine groups is 1. The largest absolute Gasteiger partial charge is 0.495 e. The van der Waals surface area contributed by atoms with E-state index in [0.717, 1.165) is 17.5 Å². The van der Waals surface area contributed by atoms with E-state index in [9.17, 15) is 19.5 Å². The van der Waals surface area contributed by atoms with Crippen LogP contribution >= 0.6 is 11.6 Å². The number of aliphatic hydroxyl groups excluding tert-OH is 1. The van der Waals surface area contributed by atoms with E-state index < -0.39 is 41.7 Å². The lowest BCUT2D eigenvalue weighted by molar-refractivity contribution is -0.169. The second kappa shape index (κ2) is 15.9. The maximum absolute atomic E-state index is 13.7. The first-order valence-corrected chi connectivity index (χ1v) is 16.9. The number of halogens is 1. The van der Waals surface area contributed by atoms with Gasteiger partial charge in [-0.15, -0.1) is 0 Å². The molecular formula is C35H47ClN4O9. The average molecular weight is 703 g/mol. The van der Waals surface area contributed by atoms with Gasteiger partial charge >= 0.3 is 12.2 Å². The van der Waals surface area contributed by atoms with Gasteiger partial charge in [0.1, 0.15) is 17.9 Å². The van der Waals surface area contributed by atoms with Crippen molar-refractivity contribution in [2.24, 2.45) is 23.2 Å². The Kier molecular flexibility index (Phi) is 11.9. The second-order valence-corrected chi connectivity index (χ2v) is 14.4. The van der Waals surface area contributed by atoms with E-state index in [1.165, 1.54) is 14.2 Å². The lowest BCUT2D eigenvalue weighted by Gasteiger charge is -2.34. The summed E-state index contributed by atoms with van der Waals surface area (Å²) in [7, 11) is 2.75. The van der Waals surface area contributed by atoms with Gasteiger partial charge in [0.2, 0.25) is 0 Å². The van der Waals surface area contributed by atoms with Crippen molar-refractivity contribution in [1.29, 1.82) is 0 Å². The Balaban J connectivity index is 1.36. The smallest absolute Gasteiger partial charge is 0.407 e. The Hall–Kier alpha value is -3.62. The second-order valence-electron chi connectivity index (χ2n) is 14.0. The molecule has 2 aromatic carbocycles. The number of hydrogen-bond acceptors (Lipinski definition) is 10. The third-order valence-electron chi connectivity index (χ3n) is 9.44. The number of fused-ring (bicyclic) bond motifs is 1. The lowest BCUT2D eigenvalue weighted by atomic mass is 9.86. The van der Waals surface area contributed by atoms with Crippen molar-refractivity contribution in [1.82, 2.24) is 21.1 Å². The molecule has 3 aliphatic rings. The van der Waals surface area contributed by atoms with Crippen LogP contribution in [0.5, 0.6) is 5.75 Å². The van der Waals surface area contributed by atoms with Crippen molar-refractivity contribution in [3.63, 3.8) is 0 Å². The van der Waals surface area contributed by atoms with Gasteiger partial charge in [-0.1, -0.05) is 68.8 Å². The fourth-order valence-electron chi connectivity index (χ4n) is 6.91. The molecule has 3 amide bonds. The van der Waals surface area contributed by atoms with Crippen LogP contribution in [-0.2, 0) is 36.7 Å². The summed E-state index contributed by atoms with van der Waals surface area (Å²) >= 11 is 6.43. The molecule has 2 aromatic rings. The molecule has 3 fully saturated rings. The SMILES string of the molecule is COC(=O)N[C@H](C(=O)NN(Cc1ccccc1)C[C@@H](O)[C@H](Cc1ccc(OC)c(Cl)c1)NC(=O)OC1C2COC3OCC1C3C2)C(C)(C)C. The van der Waals surface area contributed by atoms with Crippen LogP contribution in [0.1, 0.15) is 38.3 Å². The molecule has 268 valence electrons. The van der Waals surface area contributed by atoms with Gasteiger partial charge in [-0.2, -0.15) is 0 Å². The predicted molar refractivity (Wildman–Crippen MR) is 179 cm³/mol. The van der Waals surface area contributed by atoms with E-state index in [4.69, 9.17) is 35.3 Å². The lowest BCUT2D eigenvalue weighted by Crippen LogP contribution is -2.59. The summed E-state index contributed by atoms with van der Waals surface area (Å²) in [5, 5.41) is 19.3. The highest BCUT2D eigenvalue weighted by Crippen LogP contribution is 2.49. The number of carbonyl (C=O) groups is 3. The third kappa shape index (κ3) is 9.14. The van der Waals surface area contributed by atoms with Crippen LogP contribution in [0.15, 0.2) is 48.5 Å². The van der Waals surface area contributed by atoms with Crippen molar-refractivity contribution in [3.05, 3.63) is 64.7 Å². The zero-order chi connectivity index (χ0) is 35.3. The maximum atomic E-state index is 13.7. The molecular weight excluding hydrogens is 656 g/mol. The number of benzene rings is 2. The Morgan fingerprint density at radius 2 is 1.73 bits per heavy atom. The molecule has 4 N–H and O–H groups in total. The monoisotopic (exact) mass is 702 g/mol. The van der Waals surface area contributed by atoms with E-state index in [0.29, 0.717) is 24.0 Å². The highest BCUT2D eigenvalue weighted by atomic mass is 35.5. The molecule has 1 saturated carbocycles.